The lowest BCUT2D eigenvalue weighted by Gasteiger charge is -2.09. The lowest BCUT2D eigenvalue weighted by molar-refractivity contribution is 0.487. The van der Waals surface area contributed by atoms with Crippen LogP contribution in [0.25, 0.3) is 0 Å². The Hall–Kier alpha value is -1.06. The number of nitrogens with one attached hydrogen (secondary N) is 1. The molecule has 1 aromatic heterocycles. The van der Waals surface area contributed by atoms with E-state index < -0.39 is 0 Å². The van der Waals surface area contributed by atoms with Gasteiger partial charge in [-0.15, -0.1) is 0 Å². The molecule has 0 amide bonds. The first-order chi connectivity index (χ1) is 8.70. The Morgan fingerprint density at radius 1 is 1.22 bits per heavy atom. The number of hydrogen-bond acceptors (Lipinski definition) is 3. The Labute approximate surface area is 117 Å². The summed E-state index contributed by atoms with van der Waals surface area (Å²) in [5, 5.41) is 4.12. The van der Waals surface area contributed by atoms with E-state index in [4.69, 9.17) is 16.0 Å². The van der Waals surface area contributed by atoms with Crippen molar-refractivity contribution < 1.29 is 4.42 Å². The highest BCUT2D eigenvalue weighted by Gasteiger charge is 2.04. The average Bonchev–Trinajstić information content (AvgIpc) is 2.79. The van der Waals surface area contributed by atoms with E-state index in [9.17, 15) is 0 Å². The molecule has 0 aliphatic carbocycles. The molecular weight excluding hydrogens is 266 g/mol. The zero-order valence-electron chi connectivity index (χ0n) is 10.5. The van der Waals surface area contributed by atoms with E-state index in [1.807, 2.05) is 37.3 Å². The van der Waals surface area contributed by atoms with Gasteiger partial charge in [-0.2, -0.15) is 11.8 Å². The van der Waals surface area contributed by atoms with Crippen LogP contribution in [0.3, 0.4) is 0 Å². The second-order valence-electron chi connectivity index (χ2n) is 4.07. The largest absolute Gasteiger partial charge is 0.463 e. The molecule has 0 saturated heterocycles. The normalized spacial score (nSPS) is 10.6. The van der Waals surface area contributed by atoms with Crippen LogP contribution in [-0.4, -0.2) is 6.26 Å². The number of furan rings is 1. The van der Waals surface area contributed by atoms with Crippen LogP contribution in [0, 0.1) is 6.92 Å². The van der Waals surface area contributed by atoms with Crippen molar-refractivity contribution in [1.82, 2.24) is 0 Å². The zero-order chi connectivity index (χ0) is 13.0. The number of thioether (sulfide) groups is 1. The van der Waals surface area contributed by atoms with Gasteiger partial charge in [0.15, 0.2) is 0 Å². The van der Waals surface area contributed by atoms with Crippen LogP contribution in [0.5, 0.6) is 0 Å². The number of hydrogen-bond donors (Lipinski definition) is 1. The molecule has 2 rings (SSSR count). The minimum absolute atomic E-state index is 0.676. The molecule has 0 aliphatic heterocycles. The number of benzene rings is 1. The smallest absolute Gasteiger partial charge is 0.123 e. The van der Waals surface area contributed by atoms with Gasteiger partial charge in [-0.25, -0.2) is 0 Å². The summed E-state index contributed by atoms with van der Waals surface area (Å²) in [5.74, 6) is 2.87. The van der Waals surface area contributed by atoms with Crippen molar-refractivity contribution in [3.63, 3.8) is 0 Å². The Morgan fingerprint density at radius 2 is 2.00 bits per heavy atom. The van der Waals surface area contributed by atoms with E-state index in [1.54, 1.807) is 11.8 Å². The molecular formula is C14H16ClNOS. The average molecular weight is 282 g/mol. The summed E-state index contributed by atoms with van der Waals surface area (Å²) in [4.78, 5) is 0. The molecule has 1 aromatic carbocycles. The first-order valence-corrected chi connectivity index (χ1v) is 7.53. The van der Waals surface area contributed by atoms with Crippen molar-refractivity contribution in [2.75, 3.05) is 11.6 Å². The van der Waals surface area contributed by atoms with E-state index in [1.165, 1.54) is 0 Å². The van der Waals surface area contributed by atoms with Gasteiger partial charge in [0, 0.05) is 10.7 Å². The van der Waals surface area contributed by atoms with Crippen LogP contribution in [-0.2, 0) is 12.3 Å². The lowest BCUT2D eigenvalue weighted by Crippen LogP contribution is -2.00. The van der Waals surface area contributed by atoms with Gasteiger partial charge < -0.3 is 9.73 Å². The molecule has 1 N–H and O–H groups in total. The minimum Gasteiger partial charge on any atom is -0.463 e. The predicted octanol–water partition coefficient (Wildman–Crippen LogP) is 4.72. The fraction of sp³-hybridized carbons (Fsp3) is 0.286. The summed E-state index contributed by atoms with van der Waals surface area (Å²) < 4.78 is 5.70. The maximum atomic E-state index is 6.07. The molecule has 2 nitrogen and oxygen atoms in total. The standard InChI is InChI=1S/C14H16ClNOS/c1-10-13(15)4-3-5-14(10)16-8-11-6-7-12(17-11)9-18-2/h3-7,16H,8-9H2,1-2H3. The summed E-state index contributed by atoms with van der Waals surface area (Å²) in [6.07, 6.45) is 2.07. The van der Waals surface area contributed by atoms with Crippen molar-refractivity contribution in [2.45, 2.75) is 19.2 Å². The first kappa shape index (κ1) is 13.4. The molecule has 0 atom stereocenters. The van der Waals surface area contributed by atoms with Gasteiger partial charge in [0.05, 0.1) is 12.3 Å². The zero-order valence-corrected chi connectivity index (χ0v) is 12.1. The van der Waals surface area contributed by atoms with Gasteiger partial charge in [0.25, 0.3) is 0 Å². The van der Waals surface area contributed by atoms with Crippen LogP contribution in [0.15, 0.2) is 34.7 Å². The Kier molecular flexibility index (Phi) is 4.61. The molecule has 1 heterocycles. The predicted molar refractivity (Wildman–Crippen MR) is 79.4 cm³/mol. The van der Waals surface area contributed by atoms with Crippen molar-refractivity contribution in [3.05, 3.63) is 52.4 Å². The fourth-order valence-electron chi connectivity index (χ4n) is 1.72. The van der Waals surface area contributed by atoms with Crippen molar-refractivity contribution >= 4 is 29.1 Å². The highest BCUT2D eigenvalue weighted by Crippen LogP contribution is 2.23. The Bertz CT molecular complexity index is 524. The first-order valence-electron chi connectivity index (χ1n) is 5.76. The van der Waals surface area contributed by atoms with Crippen molar-refractivity contribution in [3.8, 4) is 0 Å². The highest BCUT2D eigenvalue weighted by molar-refractivity contribution is 7.97. The number of rotatable bonds is 5. The molecule has 0 radical (unpaired) electrons. The van der Waals surface area contributed by atoms with Crippen LogP contribution >= 0.6 is 23.4 Å². The van der Waals surface area contributed by atoms with Crippen LogP contribution in [0.1, 0.15) is 17.1 Å². The van der Waals surface area contributed by atoms with Gasteiger partial charge in [-0.3, -0.25) is 0 Å². The summed E-state index contributed by atoms with van der Waals surface area (Å²) in [6.45, 7) is 2.68. The van der Waals surface area contributed by atoms with E-state index in [-0.39, 0.29) is 0 Å². The van der Waals surface area contributed by atoms with Crippen molar-refractivity contribution in [1.29, 1.82) is 0 Å². The monoisotopic (exact) mass is 281 g/mol. The fourth-order valence-corrected chi connectivity index (χ4v) is 2.33. The maximum absolute atomic E-state index is 6.07. The number of anilines is 1. The molecule has 18 heavy (non-hydrogen) atoms. The lowest BCUT2D eigenvalue weighted by atomic mass is 10.2. The Balaban J connectivity index is 2.00. The molecule has 0 fully saturated rings. The van der Waals surface area contributed by atoms with Crippen LogP contribution < -0.4 is 5.32 Å². The highest BCUT2D eigenvalue weighted by atomic mass is 35.5. The van der Waals surface area contributed by atoms with Crippen molar-refractivity contribution in [2.24, 2.45) is 0 Å². The van der Waals surface area contributed by atoms with E-state index in [0.717, 1.165) is 33.5 Å². The summed E-state index contributed by atoms with van der Waals surface area (Å²) >= 11 is 7.83. The van der Waals surface area contributed by atoms with E-state index in [0.29, 0.717) is 6.54 Å². The van der Waals surface area contributed by atoms with Gasteiger partial charge in [0.2, 0.25) is 0 Å². The maximum Gasteiger partial charge on any atom is 0.123 e. The minimum atomic E-state index is 0.676. The third-order valence-electron chi connectivity index (χ3n) is 2.72. The Morgan fingerprint density at radius 3 is 2.78 bits per heavy atom. The molecule has 0 unspecified atom stereocenters. The van der Waals surface area contributed by atoms with Gasteiger partial charge in [0.1, 0.15) is 11.5 Å². The molecule has 2 aromatic rings. The second kappa shape index (κ2) is 6.21. The molecule has 0 aliphatic rings. The van der Waals surface area contributed by atoms with Gasteiger partial charge in [-0.05, 0) is 43.0 Å². The third-order valence-corrected chi connectivity index (χ3v) is 3.71. The summed E-state index contributed by atoms with van der Waals surface area (Å²) in [6, 6.07) is 9.90. The number of halogens is 1. The quantitative estimate of drug-likeness (QED) is 0.859. The van der Waals surface area contributed by atoms with Gasteiger partial charge >= 0.3 is 0 Å². The van der Waals surface area contributed by atoms with Gasteiger partial charge in [-0.1, -0.05) is 17.7 Å². The van der Waals surface area contributed by atoms with Crippen LogP contribution in [0.4, 0.5) is 5.69 Å². The molecule has 0 spiro atoms. The second-order valence-corrected chi connectivity index (χ2v) is 5.34. The molecule has 96 valence electrons. The van der Waals surface area contributed by atoms with E-state index in [2.05, 4.69) is 11.6 Å². The molecule has 0 saturated carbocycles. The van der Waals surface area contributed by atoms with E-state index >= 15 is 0 Å². The third kappa shape index (κ3) is 3.24. The molecule has 0 bridgehead atoms. The molecule has 4 heteroatoms. The van der Waals surface area contributed by atoms with Crippen LogP contribution in [0.2, 0.25) is 5.02 Å². The topological polar surface area (TPSA) is 25.2 Å². The summed E-state index contributed by atoms with van der Waals surface area (Å²) in [7, 11) is 0. The summed E-state index contributed by atoms with van der Waals surface area (Å²) in [5.41, 5.74) is 2.11. The SMILES string of the molecule is CSCc1ccc(CNc2cccc(Cl)c2C)o1.